The fraction of sp³-hybridized carbons (Fsp3) is 0.429. The molecule has 2 aromatic rings. The number of aromatic nitrogens is 2. The van der Waals surface area contributed by atoms with Gasteiger partial charge in [0.25, 0.3) is 0 Å². The summed E-state index contributed by atoms with van der Waals surface area (Å²) in [5.74, 6) is -0.656. The molecule has 3 unspecified atom stereocenters. The van der Waals surface area contributed by atoms with Crippen LogP contribution >= 0.6 is 0 Å². The molecule has 3 atom stereocenters. The van der Waals surface area contributed by atoms with Gasteiger partial charge < -0.3 is 9.84 Å². The molecule has 2 bridgehead atoms. The summed E-state index contributed by atoms with van der Waals surface area (Å²) in [6.45, 7) is 0. The highest BCUT2D eigenvalue weighted by molar-refractivity contribution is 5.54. The van der Waals surface area contributed by atoms with Crippen LogP contribution in [0.5, 0.6) is 0 Å². The van der Waals surface area contributed by atoms with Crippen molar-refractivity contribution in [3.8, 4) is 11.4 Å². The van der Waals surface area contributed by atoms with Gasteiger partial charge in [-0.15, -0.1) is 0 Å². The zero-order valence-electron chi connectivity index (χ0n) is 10.6. The highest BCUT2D eigenvalue weighted by atomic mass is 19.2. The standard InChI is InChI=1S/C14H13F2N3O/c15-10-3-1-7(5-11(10)16)13-18-14(20-19-13)9-6-8-2-4-12(9)17-8/h1,3,5,8-9,12,17H,2,4,6H2. The molecule has 104 valence electrons. The van der Waals surface area contributed by atoms with Crippen molar-refractivity contribution in [1.29, 1.82) is 0 Å². The van der Waals surface area contributed by atoms with E-state index in [1.54, 1.807) is 0 Å². The number of hydrogen-bond acceptors (Lipinski definition) is 4. The molecule has 1 N–H and O–H groups in total. The summed E-state index contributed by atoms with van der Waals surface area (Å²) < 4.78 is 31.5. The fourth-order valence-electron chi connectivity index (χ4n) is 3.24. The van der Waals surface area contributed by atoms with Gasteiger partial charge in [-0.05, 0) is 37.5 Å². The second-order valence-corrected chi connectivity index (χ2v) is 5.47. The van der Waals surface area contributed by atoms with Crippen LogP contribution < -0.4 is 5.32 Å². The topological polar surface area (TPSA) is 51.0 Å². The normalized spacial score (nSPS) is 28.2. The smallest absolute Gasteiger partial charge is 0.231 e. The minimum atomic E-state index is -0.907. The molecule has 3 heterocycles. The van der Waals surface area contributed by atoms with E-state index in [9.17, 15) is 8.78 Å². The number of benzene rings is 1. The summed E-state index contributed by atoms with van der Waals surface area (Å²) in [4.78, 5) is 4.35. The fourth-order valence-corrected chi connectivity index (χ4v) is 3.24. The van der Waals surface area contributed by atoms with Crippen LogP contribution in [0.2, 0.25) is 0 Å². The van der Waals surface area contributed by atoms with Crippen molar-refractivity contribution in [2.45, 2.75) is 37.3 Å². The van der Waals surface area contributed by atoms with Gasteiger partial charge in [0, 0.05) is 17.6 Å². The van der Waals surface area contributed by atoms with Gasteiger partial charge in [-0.2, -0.15) is 4.98 Å². The van der Waals surface area contributed by atoms with Gasteiger partial charge in [-0.1, -0.05) is 5.16 Å². The van der Waals surface area contributed by atoms with Crippen LogP contribution in [0.4, 0.5) is 8.78 Å². The Hall–Kier alpha value is -1.82. The molecule has 20 heavy (non-hydrogen) atoms. The van der Waals surface area contributed by atoms with E-state index in [0.717, 1.165) is 25.0 Å². The lowest BCUT2D eigenvalue weighted by Crippen LogP contribution is -2.21. The predicted molar refractivity (Wildman–Crippen MR) is 67.0 cm³/mol. The molecule has 0 amide bonds. The van der Waals surface area contributed by atoms with Crippen LogP contribution in [-0.2, 0) is 0 Å². The zero-order chi connectivity index (χ0) is 13.7. The largest absolute Gasteiger partial charge is 0.339 e. The first-order valence-corrected chi connectivity index (χ1v) is 6.76. The first kappa shape index (κ1) is 12.0. The Morgan fingerprint density at radius 2 is 2.10 bits per heavy atom. The third-order valence-electron chi connectivity index (χ3n) is 4.24. The van der Waals surface area contributed by atoms with Crippen LogP contribution in [0.15, 0.2) is 22.7 Å². The van der Waals surface area contributed by atoms with Gasteiger partial charge in [0.2, 0.25) is 11.7 Å². The van der Waals surface area contributed by atoms with Crippen LogP contribution in [-0.4, -0.2) is 22.2 Å². The van der Waals surface area contributed by atoms with E-state index >= 15 is 0 Å². The van der Waals surface area contributed by atoms with Gasteiger partial charge in [0.1, 0.15) is 0 Å². The van der Waals surface area contributed by atoms with E-state index in [2.05, 4.69) is 15.5 Å². The lowest BCUT2D eigenvalue weighted by atomic mass is 9.89. The molecule has 1 aromatic carbocycles. The average Bonchev–Trinajstić information content (AvgIpc) is 3.16. The first-order chi connectivity index (χ1) is 9.70. The lowest BCUT2D eigenvalue weighted by molar-refractivity contribution is 0.329. The maximum Gasteiger partial charge on any atom is 0.231 e. The van der Waals surface area contributed by atoms with Crippen LogP contribution in [0.25, 0.3) is 11.4 Å². The highest BCUT2D eigenvalue weighted by Crippen LogP contribution is 2.39. The molecule has 2 aliphatic heterocycles. The predicted octanol–water partition coefficient (Wildman–Crippen LogP) is 2.62. The summed E-state index contributed by atoms with van der Waals surface area (Å²) in [6.07, 6.45) is 3.33. The van der Waals surface area contributed by atoms with Crippen LogP contribution in [0, 0.1) is 11.6 Å². The van der Waals surface area contributed by atoms with Crippen molar-refractivity contribution in [3.05, 3.63) is 35.7 Å². The molecule has 1 aromatic heterocycles. The third-order valence-corrected chi connectivity index (χ3v) is 4.24. The Morgan fingerprint density at radius 1 is 1.20 bits per heavy atom. The van der Waals surface area contributed by atoms with E-state index < -0.39 is 11.6 Å². The Morgan fingerprint density at radius 3 is 2.80 bits per heavy atom. The van der Waals surface area contributed by atoms with E-state index in [4.69, 9.17) is 4.52 Å². The molecule has 4 nitrogen and oxygen atoms in total. The number of rotatable bonds is 2. The maximum atomic E-state index is 13.2. The van der Waals surface area contributed by atoms with Crippen LogP contribution in [0.1, 0.15) is 31.1 Å². The molecular formula is C14H13F2N3O. The van der Waals surface area contributed by atoms with Gasteiger partial charge in [-0.3, -0.25) is 0 Å². The van der Waals surface area contributed by atoms with Crippen molar-refractivity contribution < 1.29 is 13.3 Å². The number of nitrogens with zero attached hydrogens (tertiary/aromatic N) is 2. The van der Waals surface area contributed by atoms with Crippen molar-refractivity contribution in [2.24, 2.45) is 0 Å². The summed E-state index contributed by atoms with van der Waals surface area (Å²) in [5, 5.41) is 7.39. The Kier molecular flexibility index (Phi) is 2.60. The molecular weight excluding hydrogens is 264 g/mol. The molecule has 0 saturated carbocycles. The SMILES string of the molecule is Fc1ccc(-c2noc(C3CC4CCC3N4)n2)cc1F. The summed E-state index contributed by atoms with van der Waals surface area (Å²) in [6, 6.07) is 4.55. The number of fused-ring (bicyclic) bond motifs is 2. The van der Waals surface area contributed by atoms with E-state index in [-0.39, 0.29) is 5.92 Å². The van der Waals surface area contributed by atoms with Crippen LogP contribution in [0.3, 0.4) is 0 Å². The van der Waals surface area contributed by atoms with Gasteiger partial charge >= 0.3 is 0 Å². The van der Waals surface area contributed by atoms with Crippen molar-refractivity contribution >= 4 is 0 Å². The average molecular weight is 277 g/mol. The second kappa shape index (κ2) is 4.34. The highest BCUT2D eigenvalue weighted by Gasteiger charge is 2.42. The second-order valence-electron chi connectivity index (χ2n) is 5.47. The lowest BCUT2D eigenvalue weighted by Gasteiger charge is -2.15. The maximum absolute atomic E-state index is 13.2. The Bertz CT molecular complexity index is 658. The van der Waals surface area contributed by atoms with Crippen molar-refractivity contribution in [2.75, 3.05) is 0 Å². The first-order valence-electron chi connectivity index (χ1n) is 6.76. The minimum absolute atomic E-state index is 0.236. The third kappa shape index (κ3) is 1.83. The van der Waals surface area contributed by atoms with E-state index in [1.165, 1.54) is 12.5 Å². The zero-order valence-corrected chi connectivity index (χ0v) is 10.6. The molecule has 0 spiro atoms. The van der Waals surface area contributed by atoms with Gasteiger partial charge in [0.15, 0.2) is 11.6 Å². The molecule has 2 saturated heterocycles. The van der Waals surface area contributed by atoms with Gasteiger partial charge in [-0.25, -0.2) is 8.78 Å². The van der Waals surface area contributed by atoms with Crippen molar-refractivity contribution in [3.63, 3.8) is 0 Å². The van der Waals surface area contributed by atoms with Crippen molar-refractivity contribution in [1.82, 2.24) is 15.5 Å². The quantitative estimate of drug-likeness (QED) is 0.916. The molecule has 0 aliphatic carbocycles. The summed E-state index contributed by atoms with van der Waals surface area (Å²) >= 11 is 0. The van der Waals surface area contributed by atoms with E-state index in [1.807, 2.05) is 0 Å². The number of nitrogens with one attached hydrogen (secondary N) is 1. The molecule has 6 heteroatoms. The summed E-state index contributed by atoms with van der Waals surface area (Å²) in [5.41, 5.74) is 0.426. The molecule has 0 radical (unpaired) electrons. The Labute approximate surface area is 114 Å². The monoisotopic (exact) mass is 277 g/mol. The van der Waals surface area contributed by atoms with Gasteiger partial charge in [0.05, 0.1) is 5.92 Å². The Balaban J connectivity index is 1.63. The van der Waals surface area contributed by atoms with E-state index in [0.29, 0.717) is 29.4 Å². The molecule has 2 fully saturated rings. The summed E-state index contributed by atoms with van der Waals surface area (Å²) in [7, 11) is 0. The molecule has 4 rings (SSSR count). The molecule has 2 aliphatic rings. The number of halogens is 2. The number of hydrogen-bond donors (Lipinski definition) is 1. The minimum Gasteiger partial charge on any atom is -0.339 e.